The third-order valence-electron chi connectivity index (χ3n) is 3.00. The lowest BCUT2D eigenvalue weighted by Crippen LogP contribution is -2.19. The molecule has 0 atom stereocenters. The Bertz CT molecular complexity index is 807. The number of ether oxygens (including phenoxy) is 3. The van der Waals surface area contributed by atoms with Gasteiger partial charge in [-0.1, -0.05) is 11.6 Å². The van der Waals surface area contributed by atoms with Crippen LogP contribution in [0, 0.1) is 0 Å². The van der Waals surface area contributed by atoms with Gasteiger partial charge < -0.3 is 14.2 Å². The van der Waals surface area contributed by atoms with Crippen LogP contribution in [0.5, 0.6) is 11.5 Å². The van der Waals surface area contributed by atoms with Gasteiger partial charge in [0.1, 0.15) is 0 Å². The number of nitrogens with one attached hydrogen (secondary N) is 1. The highest BCUT2D eigenvalue weighted by Crippen LogP contribution is 2.36. The molecular weight excluding hydrogens is 382 g/mol. The first-order valence-corrected chi connectivity index (χ1v) is 8.58. The third kappa shape index (κ3) is 4.99. The van der Waals surface area contributed by atoms with Crippen molar-refractivity contribution in [2.75, 3.05) is 20.8 Å². The van der Waals surface area contributed by atoms with E-state index in [0.29, 0.717) is 28.7 Å². The van der Waals surface area contributed by atoms with Gasteiger partial charge in [0.25, 0.3) is 5.91 Å². The minimum absolute atomic E-state index is 0.177. The van der Waals surface area contributed by atoms with Gasteiger partial charge in [0, 0.05) is 11.6 Å². The number of esters is 1. The predicted octanol–water partition coefficient (Wildman–Crippen LogP) is 2.36. The average molecular weight is 398 g/mol. The molecule has 1 fully saturated rings. The van der Waals surface area contributed by atoms with E-state index in [-0.39, 0.29) is 10.1 Å². The van der Waals surface area contributed by atoms with Crippen LogP contribution in [-0.4, -0.2) is 44.1 Å². The molecule has 0 aromatic heterocycles. The van der Waals surface area contributed by atoms with Crippen LogP contribution in [0.25, 0.3) is 0 Å². The molecule has 2 rings (SSSR count). The maximum Gasteiger partial charge on any atom is 0.331 e. The highest BCUT2D eigenvalue weighted by atomic mass is 35.5. The van der Waals surface area contributed by atoms with Gasteiger partial charge in [-0.25, -0.2) is 4.79 Å². The molecule has 0 unspecified atom stereocenters. The third-order valence-corrected chi connectivity index (χ3v) is 4.18. The molecular formula is C16H16ClN3O5S. The first-order valence-electron chi connectivity index (χ1n) is 7.38. The molecule has 0 spiro atoms. The van der Waals surface area contributed by atoms with E-state index in [1.807, 2.05) is 6.92 Å². The predicted molar refractivity (Wildman–Crippen MR) is 100 cm³/mol. The number of carbonyl (C=O) groups is 2. The number of halogens is 1. The van der Waals surface area contributed by atoms with Crippen molar-refractivity contribution in [3.05, 3.63) is 33.7 Å². The van der Waals surface area contributed by atoms with Gasteiger partial charge in [-0.15, -0.1) is 5.10 Å². The summed E-state index contributed by atoms with van der Waals surface area (Å²) in [6, 6.07) is 3.35. The summed E-state index contributed by atoms with van der Waals surface area (Å²) in [6.45, 7) is 2.30. The number of carbonyl (C=O) groups excluding carboxylic acids is 2. The van der Waals surface area contributed by atoms with Crippen LogP contribution in [0.3, 0.4) is 0 Å². The van der Waals surface area contributed by atoms with Crippen molar-refractivity contribution in [1.29, 1.82) is 0 Å². The van der Waals surface area contributed by atoms with Crippen molar-refractivity contribution >= 4 is 46.6 Å². The van der Waals surface area contributed by atoms with Crippen LogP contribution >= 0.6 is 23.4 Å². The van der Waals surface area contributed by atoms with E-state index in [4.69, 9.17) is 21.1 Å². The molecule has 1 N–H and O–H groups in total. The van der Waals surface area contributed by atoms with Crippen molar-refractivity contribution in [3.63, 3.8) is 0 Å². The van der Waals surface area contributed by atoms with Gasteiger partial charge in [0.05, 0.1) is 37.0 Å². The Balaban J connectivity index is 2.14. The summed E-state index contributed by atoms with van der Waals surface area (Å²) in [7, 11) is 2.74. The number of hydrogen-bond donors (Lipinski definition) is 1. The van der Waals surface area contributed by atoms with Crippen LogP contribution in [0.4, 0.5) is 0 Å². The summed E-state index contributed by atoms with van der Waals surface area (Å²) in [5.74, 6) is -0.139. The Labute approximate surface area is 159 Å². The number of nitrogens with zero attached hydrogens (tertiary/aromatic N) is 2. The number of rotatable bonds is 6. The lowest BCUT2D eigenvalue weighted by molar-refractivity contribution is -0.135. The van der Waals surface area contributed by atoms with E-state index < -0.39 is 11.9 Å². The van der Waals surface area contributed by atoms with Gasteiger partial charge in [0.15, 0.2) is 16.7 Å². The zero-order chi connectivity index (χ0) is 19.1. The maximum atomic E-state index is 11.7. The Morgan fingerprint density at radius 2 is 2.15 bits per heavy atom. The van der Waals surface area contributed by atoms with E-state index in [2.05, 4.69) is 20.3 Å². The first-order chi connectivity index (χ1) is 12.5. The van der Waals surface area contributed by atoms with Gasteiger partial charge in [-0.3, -0.25) is 10.1 Å². The monoisotopic (exact) mass is 397 g/mol. The zero-order valence-electron chi connectivity index (χ0n) is 14.2. The number of thioether (sulfide) groups is 1. The van der Waals surface area contributed by atoms with Crippen molar-refractivity contribution in [3.8, 4) is 11.5 Å². The largest absolute Gasteiger partial charge is 0.493 e. The Morgan fingerprint density at radius 3 is 2.81 bits per heavy atom. The molecule has 1 saturated heterocycles. The quantitative estimate of drug-likeness (QED) is 0.342. The second kappa shape index (κ2) is 9.25. The zero-order valence-corrected chi connectivity index (χ0v) is 15.8. The Morgan fingerprint density at radius 1 is 1.38 bits per heavy atom. The van der Waals surface area contributed by atoms with Crippen LogP contribution in [-0.2, 0) is 14.3 Å². The fourth-order valence-corrected chi connectivity index (χ4v) is 2.90. The van der Waals surface area contributed by atoms with E-state index in [9.17, 15) is 9.59 Å². The first kappa shape index (κ1) is 19.8. The molecule has 138 valence electrons. The summed E-state index contributed by atoms with van der Waals surface area (Å²) in [5, 5.41) is 10.9. The molecule has 0 aliphatic carbocycles. The molecule has 26 heavy (non-hydrogen) atoms. The number of amides is 1. The lowest BCUT2D eigenvalue weighted by Gasteiger charge is -2.11. The molecule has 1 heterocycles. The van der Waals surface area contributed by atoms with E-state index in [1.54, 1.807) is 12.1 Å². The van der Waals surface area contributed by atoms with Crippen molar-refractivity contribution in [1.82, 2.24) is 5.32 Å². The SMILES string of the molecule is CCOc1c(Cl)cc(C=N/N=C2/NC(=O)/C(=C\C(=O)OC)S2)cc1OC. The molecule has 0 radical (unpaired) electrons. The average Bonchev–Trinajstić information content (AvgIpc) is 2.96. The smallest absolute Gasteiger partial charge is 0.331 e. The van der Waals surface area contributed by atoms with Gasteiger partial charge in [0.2, 0.25) is 0 Å². The second-order valence-corrected chi connectivity index (χ2v) is 6.14. The summed E-state index contributed by atoms with van der Waals surface area (Å²) < 4.78 is 15.2. The van der Waals surface area contributed by atoms with Crippen LogP contribution in [0.15, 0.2) is 33.3 Å². The van der Waals surface area contributed by atoms with Crippen molar-refractivity contribution < 1.29 is 23.8 Å². The summed E-state index contributed by atoms with van der Waals surface area (Å²) >= 11 is 7.17. The summed E-state index contributed by atoms with van der Waals surface area (Å²) in [6.07, 6.45) is 2.54. The summed E-state index contributed by atoms with van der Waals surface area (Å²) in [5.41, 5.74) is 0.638. The number of methoxy groups -OCH3 is 2. The second-order valence-electron chi connectivity index (χ2n) is 4.70. The topological polar surface area (TPSA) is 98.6 Å². The molecule has 10 heteroatoms. The standard InChI is InChI=1S/C16H16ClN3O5S/c1-4-25-14-10(17)5-9(6-11(14)23-2)8-18-20-16-19-15(22)12(26-16)7-13(21)24-3/h5-8H,4H2,1-3H3,(H,19,20,22)/b12-7+,18-8?. The van der Waals surface area contributed by atoms with Gasteiger partial charge in [-0.2, -0.15) is 5.10 Å². The van der Waals surface area contributed by atoms with E-state index in [1.165, 1.54) is 20.4 Å². The van der Waals surface area contributed by atoms with Crippen LogP contribution in [0.1, 0.15) is 12.5 Å². The molecule has 1 aliphatic heterocycles. The molecule has 8 nitrogen and oxygen atoms in total. The normalized spacial score (nSPS) is 17.0. The van der Waals surface area contributed by atoms with E-state index >= 15 is 0 Å². The highest BCUT2D eigenvalue weighted by Gasteiger charge is 2.25. The highest BCUT2D eigenvalue weighted by molar-refractivity contribution is 8.18. The Hall–Kier alpha value is -2.52. The fourth-order valence-electron chi connectivity index (χ4n) is 1.89. The Kier molecular flexibility index (Phi) is 7.05. The minimum atomic E-state index is -0.622. The lowest BCUT2D eigenvalue weighted by atomic mass is 10.2. The summed E-state index contributed by atoms with van der Waals surface area (Å²) in [4.78, 5) is 23.1. The molecule has 1 amide bonds. The maximum absolute atomic E-state index is 11.7. The molecule has 1 aromatic rings. The molecule has 0 bridgehead atoms. The minimum Gasteiger partial charge on any atom is -0.493 e. The van der Waals surface area contributed by atoms with Gasteiger partial charge in [-0.05, 0) is 30.8 Å². The van der Waals surface area contributed by atoms with Crippen LogP contribution in [0.2, 0.25) is 5.02 Å². The van der Waals surface area contributed by atoms with Crippen LogP contribution < -0.4 is 14.8 Å². The number of amidine groups is 1. The number of hydrogen-bond acceptors (Lipinski definition) is 8. The molecule has 0 saturated carbocycles. The molecule has 1 aliphatic rings. The van der Waals surface area contributed by atoms with Crippen molar-refractivity contribution in [2.45, 2.75) is 6.92 Å². The van der Waals surface area contributed by atoms with E-state index in [0.717, 1.165) is 17.8 Å². The number of benzene rings is 1. The van der Waals surface area contributed by atoms with Crippen molar-refractivity contribution in [2.24, 2.45) is 10.2 Å². The molecule has 1 aromatic carbocycles. The fraction of sp³-hybridized carbons (Fsp3) is 0.250. The van der Waals surface area contributed by atoms with Gasteiger partial charge >= 0.3 is 5.97 Å².